The predicted molar refractivity (Wildman–Crippen MR) is 80.6 cm³/mol. The van der Waals surface area contributed by atoms with Gasteiger partial charge in [-0.1, -0.05) is 0 Å². The molecule has 2 aromatic heterocycles. The molecule has 0 saturated carbocycles. The van der Waals surface area contributed by atoms with E-state index in [9.17, 15) is 4.79 Å². The van der Waals surface area contributed by atoms with Gasteiger partial charge in [-0.05, 0) is 36.4 Å². The van der Waals surface area contributed by atoms with Crippen LogP contribution in [0.4, 0.5) is 5.69 Å². The number of benzene rings is 1. The third-order valence-corrected chi connectivity index (χ3v) is 3.05. The predicted octanol–water partition coefficient (Wildman–Crippen LogP) is 2.13. The summed E-state index contributed by atoms with van der Waals surface area (Å²) in [5, 5.41) is 13.2. The highest BCUT2D eigenvalue weighted by atomic mass is 16.5. The summed E-state index contributed by atoms with van der Waals surface area (Å²) in [4.78, 5) is 16.3. The van der Waals surface area contributed by atoms with Crippen LogP contribution in [0, 0.1) is 0 Å². The lowest BCUT2D eigenvalue weighted by Gasteiger charge is -2.04. The Morgan fingerprint density at radius 2 is 2.00 bits per heavy atom. The van der Waals surface area contributed by atoms with Gasteiger partial charge in [-0.2, -0.15) is 15.4 Å². The Labute approximate surface area is 126 Å². The molecule has 0 saturated heterocycles. The van der Waals surface area contributed by atoms with Crippen LogP contribution >= 0.6 is 0 Å². The third-order valence-electron chi connectivity index (χ3n) is 3.05. The number of aromatic nitrogens is 4. The third kappa shape index (κ3) is 2.78. The summed E-state index contributed by atoms with van der Waals surface area (Å²) in [6.45, 7) is 0. The van der Waals surface area contributed by atoms with Gasteiger partial charge in [-0.3, -0.25) is 9.78 Å². The summed E-state index contributed by atoms with van der Waals surface area (Å²) in [7, 11) is 1.60. The largest absolute Gasteiger partial charge is 0.497 e. The van der Waals surface area contributed by atoms with E-state index in [1.54, 1.807) is 43.8 Å². The van der Waals surface area contributed by atoms with Crippen LogP contribution in [0.1, 0.15) is 10.5 Å². The standard InChI is InChI=1S/C15H13N5O2/c1-22-12-6-4-10(5-7-12)13-14(19-20-18-13)15(21)17-11-3-2-8-16-9-11/h2-9H,1H3,(H,17,21)(H,18,19,20). The van der Waals surface area contributed by atoms with E-state index < -0.39 is 0 Å². The van der Waals surface area contributed by atoms with Gasteiger partial charge in [0.1, 0.15) is 11.4 Å². The molecule has 22 heavy (non-hydrogen) atoms. The first kappa shape index (κ1) is 13.7. The van der Waals surface area contributed by atoms with Crippen molar-refractivity contribution in [1.82, 2.24) is 20.4 Å². The van der Waals surface area contributed by atoms with Crippen molar-refractivity contribution in [3.8, 4) is 17.0 Å². The Morgan fingerprint density at radius 3 is 2.68 bits per heavy atom. The van der Waals surface area contributed by atoms with E-state index in [2.05, 4.69) is 25.7 Å². The van der Waals surface area contributed by atoms with Crippen LogP contribution in [-0.2, 0) is 0 Å². The number of pyridine rings is 1. The minimum Gasteiger partial charge on any atom is -0.497 e. The molecule has 0 atom stereocenters. The number of anilines is 1. The number of methoxy groups -OCH3 is 1. The molecule has 2 heterocycles. The molecule has 2 N–H and O–H groups in total. The lowest BCUT2D eigenvalue weighted by Crippen LogP contribution is -2.13. The van der Waals surface area contributed by atoms with Gasteiger partial charge in [0.25, 0.3) is 5.91 Å². The topological polar surface area (TPSA) is 92.8 Å². The number of hydrogen-bond donors (Lipinski definition) is 2. The average Bonchev–Trinajstić information content (AvgIpc) is 3.05. The fraction of sp³-hybridized carbons (Fsp3) is 0.0667. The van der Waals surface area contributed by atoms with E-state index in [1.807, 2.05) is 12.1 Å². The number of hydrogen-bond acceptors (Lipinski definition) is 5. The Kier molecular flexibility index (Phi) is 3.78. The summed E-state index contributed by atoms with van der Waals surface area (Å²) < 4.78 is 5.11. The summed E-state index contributed by atoms with van der Waals surface area (Å²) in [5.74, 6) is 0.376. The number of nitrogens with zero attached hydrogens (tertiary/aromatic N) is 3. The molecule has 0 fully saturated rings. The van der Waals surface area contributed by atoms with Crippen molar-refractivity contribution < 1.29 is 9.53 Å². The number of ether oxygens (including phenoxy) is 1. The molecular formula is C15H13N5O2. The highest BCUT2D eigenvalue weighted by Gasteiger charge is 2.18. The first-order valence-electron chi connectivity index (χ1n) is 6.54. The van der Waals surface area contributed by atoms with Gasteiger partial charge in [0.2, 0.25) is 0 Å². The normalized spacial score (nSPS) is 10.2. The van der Waals surface area contributed by atoms with Crippen LogP contribution < -0.4 is 10.1 Å². The molecule has 0 aliphatic rings. The minimum atomic E-state index is -0.354. The van der Waals surface area contributed by atoms with Crippen LogP contribution in [0.15, 0.2) is 48.8 Å². The van der Waals surface area contributed by atoms with Crippen molar-refractivity contribution in [2.24, 2.45) is 0 Å². The Balaban J connectivity index is 1.86. The van der Waals surface area contributed by atoms with Crippen molar-refractivity contribution in [1.29, 1.82) is 0 Å². The molecule has 7 nitrogen and oxygen atoms in total. The fourth-order valence-corrected chi connectivity index (χ4v) is 1.97. The number of carbonyl (C=O) groups is 1. The zero-order chi connectivity index (χ0) is 15.4. The van der Waals surface area contributed by atoms with Gasteiger partial charge in [0.05, 0.1) is 19.0 Å². The smallest absolute Gasteiger partial charge is 0.278 e. The van der Waals surface area contributed by atoms with E-state index in [1.165, 1.54) is 0 Å². The first-order valence-corrected chi connectivity index (χ1v) is 6.54. The first-order chi connectivity index (χ1) is 10.8. The lowest BCUT2D eigenvalue weighted by molar-refractivity contribution is 0.102. The maximum Gasteiger partial charge on any atom is 0.278 e. The van der Waals surface area contributed by atoms with Gasteiger partial charge in [-0.15, -0.1) is 0 Å². The average molecular weight is 295 g/mol. The molecule has 7 heteroatoms. The van der Waals surface area contributed by atoms with Crippen molar-refractivity contribution in [2.75, 3.05) is 12.4 Å². The van der Waals surface area contributed by atoms with Gasteiger partial charge < -0.3 is 10.1 Å². The molecule has 0 spiro atoms. The van der Waals surface area contributed by atoms with Crippen molar-refractivity contribution in [3.05, 3.63) is 54.5 Å². The van der Waals surface area contributed by atoms with Crippen LogP contribution in [0.3, 0.4) is 0 Å². The molecular weight excluding hydrogens is 282 g/mol. The SMILES string of the molecule is COc1ccc(-c2n[nH]nc2C(=O)Nc2cccnc2)cc1. The van der Waals surface area contributed by atoms with E-state index in [0.29, 0.717) is 11.4 Å². The number of H-pyrrole nitrogens is 1. The maximum absolute atomic E-state index is 12.3. The molecule has 0 unspecified atom stereocenters. The number of nitrogens with one attached hydrogen (secondary N) is 2. The van der Waals surface area contributed by atoms with Crippen LogP contribution in [0.25, 0.3) is 11.3 Å². The van der Waals surface area contributed by atoms with Crippen molar-refractivity contribution in [2.45, 2.75) is 0 Å². The highest BCUT2D eigenvalue weighted by molar-refractivity contribution is 6.06. The molecule has 3 rings (SSSR count). The fourth-order valence-electron chi connectivity index (χ4n) is 1.97. The Morgan fingerprint density at radius 1 is 1.18 bits per heavy atom. The van der Waals surface area contributed by atoms with Crippen molar-refractivity contribution >= 4 is 11.6 Å². The Hall–Kier alpha value is -3.22. The number of aromatic amines is 1. The van der Waals surface area contributed by atoms with Gasteiger partial charge in [0.15, 0.2) is 5.69 Å². The van der Waals surface area contributed by atoms with Gasteiger partial charge in [-0.25, -0.2) is 0 Å². The van der Waals surface area contributed by atoms with E-state index in [-0.39, 0.29) is 11.6 Å². The molecule has 3 aromatic rings. The van der Waals surface area contributed by atoms with E-state index in [4.69, 9.17) is 4.74 Å². The van der Waals surface area contributed by atoms with Crippen LogP contribution in [-0.4, -0.2) is 33.4 Å². The van der Waals surface area contributed by atoms with Crippen LogP contribution in [0.5, 0.6) is 5.75 Å². The summed E-state index contributed by atoms with van der Waals surface area (Å²) in [6.07, 6.45) is 3.19. The number of rotatable bonds is 4. The Bertz CT molecular complexity index is 768. The second-order valence-electron chi connectivity index (χ2n) is 4.45. The quantitative estimate of drug-likeness (QED) is 0.769. The monoisotopic (exact) mass is 295 g/mol. The molecule has 0 radical (unpaired) electrons. The van der Waals surface area contributed by atoms with Crippen molar-refractivity contribution in [3.63, 3.8) is 0 Å². The number of amides is 1. The molecule has 110 valence electrons. The lowest BCUT2D eigenvalue weighted by atomic mass is 10.1. The molecule has 1 aromatic carbocycles. The number of carbonyl (C=O) groups excluding carboxylic acids is 1. The molecule has 1 amide bonds. The maximum atomic E-state index is 12.3. The summed E-state index contributed by atoms with van der Waals surface area (Å²) in [5.41, 5.74) is 2.06. The van der Waals surface area contributed by atoms with E-state index >= 15 is 0 Å². The minimum absolute atomic E-state index is 0.217. The summed E-state index contributed by atoms with van der Waals surface area (Å²) >= 11 is 0. The summed E-state index contributed by atoms with van der Waals surface area (Å²) in [6, 6.07) is 10.7. The van der Waals surface area contributed by atoms with Gasteiger partial charge >= 0.3 is 0 Å². The highest BCUT2D eigenvalue weighted by Crippen LogP contribution is 2.23. The van der Waals surface area contributed by atoms with Gasteiger partial charge in [0, 0.05) is 11.8 Å². The zero-order valence-corrected chi connectivity index (χ0v) is 11.8. The zero-order valence-electron chi connectivity index (χ0n) is 11.8. The second-order valence-corrected chi connectivity index (χ2v) is 4.45. The van der Waals surface area contributed by atoms with E-state index in [0.717, 1.165) is 11.3 Å². The second kappa shape index (κ2) is 6.04. The molecule has 0 bridgehead atoms. The molecule has 0 aliphatic carbocycles. The molecule has 0 aliphatic heterocycles. The van der Waals surface area contributed by atoms with Crippen LogP contribution in [0.2, 0.25) is 0 Å².